The van der Waals surface area contributed by atoms with E-state index >= 15 is 0 Å². The lowest BCUT2D eigenvalue weighted by atomic mass is 9.70. The Morgan fingerprint density at radius 1 is 0.625 bits per heavy atom. The molecule has 3 aromatic rings. The van der Waals surface area contributed by atoms with Gasteiger partial charge in [-0.05, 0) is 77.8 Å². The molecular formula is C36H46O3P+. The Bertz CT molecular complexity index is 1510. The Hall–Kier alpha value is -2.90. The predicted molar refractivity (Wildman–Crippen MR) is 169 cm³/mol. The molecule has 0 amide bonds. The van der Waals surface area contributed by atoms with Crippen molar-refractivity contribution < 1.29 is 14.2 Å². The topological polar surface area (TPSA) is 51.2 Å². The maximum atomic E-state index is 14.7. The van der Waals surface area contributed by atoms with Crippen molar-refractivity contribution in [3.8, 4) is 0 Å². The van der Waals surface area contributed by atoms with Crippen molar-refractivity contribution in [1.29, 1.82) is 0 Å². The lowest BCUT2D eigenvalue weighted by Gasteiger charge is -2.33. The van der Waals surface area contributed by atoms with Gasteiger partial charge in [-0.1, -0.05) is 103 Å². The van der Waals surface area contributed by atoms with Crippen LogP contribution in [-0.2, 0) is 20.8 Å². The van der Waals surface area contributed by atoms with E-state index in [-0.39, 0.29) is 16.7 Å². The van der Waals surface area contributed by atoms with Gasteiger partial charge in [0.25, 0.3) is 0 Å². The Kier molecular flexibility index (Phi) is 8.56. The monoisotopic (exact) mass is 557 g/mol. The third-order valence-electron chi connectivity index (χ3n) is 7.89. The van der Waals surface area contributed by atoms with Crippen LogP contribution in [0.5, 0.6) is 0 Å². The van der Waals surface area contributed by atoms with Gasteiger partial charge < -0.3 is 0 Å². The first-order valence-electron chi connectivity index (χ1n) is 14.1. The van der Waals surface area contributed by atoms with Crippen LogP contribution in [0.4, 0.5) is 0 Å². The van der Waals surface area contributed by atoms with E-state index in [9.17, 15) is 14.2 Å². The number of carbonyl (C=O) groups is 2. The highest BCUT2D eigenvalue weighted by atomic mass is 31.1. The molecule has 212 valence electrons. The van der Waals surface area contributed by atoms with Crippen LogP contribution in [0.3, 0.4) is 0 Å². The van der Waals surface area contributed by atoms with Crippen molar-refractivity contribution in [1.82, 2.24) is 0 Å². The van der Waals surface area contributed by atoms with E-state index < -0.39 is 18.6 Å². The molecule has 0 saturated carbocycles. The molecule has 0 bridgehead atoms. The Balaban J connectivity index is 2.56. The molecule has 1 unspecified atom stereocenters. The van der Waals surface area contributed by atoms with Crippen LogP contribution in [0.2, 0.25) is 0 Å². The molecule has 0 heterocycles. The first-order chi connectivity index (χ1) is 18.2. The molecule has 0 spiro atoms. The van der Waals surface area contributed by atoms with Crippen LogP contribution < -0.4 is 5.30 Å². The molecule has 3 aromatic carbocycles. The fourth-order valence-electron chi connectivity index (χ4n) is 5.56. The van der Waals surface area contributed by atoms with Gasteiger partial charge in [0, 0.05) is 22.3 Å². The van der Waals surface area contributed by atoms with Gasteiger partial charge in [-0.3, -0.25) is 4.79 Å². The zero-order chi connectivity index (χ0) is 30.5. The molecule has 0 aliphatic carbocycles. The molecule has 0 aliphatic heterocycles. The summed E-state index contributed by atoms with van der Waals surface area (Å²) in [6, 6.07) is 13.3. The summed E-state index contributed by atoms with van der Waals surface area (Å²) < 4.78 is 14.7. The molecule has 1 atom stereocenters. The van der Waals surface area contributed by atoms with Crippen molar-refractivity contribution in [3.05, 3.63) is 98.1 Å². The molecule has 0 aromatic heterocycles. The summed E-state index contributed by atoms with van der Waals surface area (Å²) in [5.74, 6) is -0.105. The van der Waals surface area contributed by atoms with Crippen LogP contribution in [-0.4, -0.2) is 11.3 Å². The zero-order valence-corrected chi connectivity index (χ0v) is 27.6. The molecule has 3 nitrogen and oxygen atoms in total. The highest BCUT2D eigenvalue weighted by Gasteiger charge is 2.47. The molecule has 0 N–H and O–H groups in total. The average molecular weight is 558 g/mol. The van der Waals surface area contributed by atoms with Crippen molar-refractivity contribution in [3.63, 3.8) is 0 Å². The summed E-state index contributed by atoms with van der Waals surface area (Å²) in [6.45, 7) is 26.6. The number of hydrogen-bond donors (Lipinski definition) is 0. The number of ketones is 1. The second kappa shape index (κ2) is 10.8. The van der Waals surface area contributed by atoms with Crippen molar-refractivity contribution in [2.75, 3.05) is 0 Å². The molecule has 0 fully saturated rings. The number of carbonyl (C=O) groups excluding carboxylic acids is 2. The van der Waals surface area contributed by atoms with Crippen LogP contribution in [0.15, 0.2) is 42.5 Å². The molecular weight excluding hydrogens is 511 g/mol. The third-order valence-corrected chi connectivity index (χ3v) is 9.35. The van der Waals surface area contributed by atoms with E-state index in [1.165, 1.54) is 0 Å². The maximum absolute atomic E-state index is 14.7. The quantitative estimate of drug-likeness (QED) is 0.232. The van der Waals surface area contributed by atoms with Crippen LogP contribution >= 0.6 is 7.80 Å². The van der Waals surface area contributed by atoms with E-state index in [1.807, 2.05) is 84.9 Å². The minimum Gasteiger partial charge on any atom is -0.289 e. The first kappa shape index (κ1) is 31.6. The molecule has 40 heavy (non-hydrogen) atoms. The van der Waals surface area contributed by atoms with Crippen molar-refractivity contribution in [2.45, 2.75) is 106 Å². The van der Waals surface area contributed by atoms with E-state index in [2.05, 4.69) is 47.6 Å². The maximum Gasteiger partial charge on any atom is 0.459 e. The van der Waals surface area contributed by atoms with Crippen LogP contribution in [0.1, 0.15) is 128 Å². The summed E-state index contributed by atoms with van der Waals surface area (Å²) in [5.41, 5.74) is 6.29. The summed E-state index contributed by atoms with van der Waals surface area (Å²) in [6.07, 6.45) is 0. The average Bonchev–Trinajstić information content (AvgIpc) is 2.83. The molecule has 0 aliphatic rings. The molecule has 3 rings (SSSR count). The predicted octanol–water partition coefficient (Wildman–Crippen LogP) is 9.34. The van der Waals surface area contributed by atoms with Crippen molar-refractivity contribution >= 4 is 24.4 Å². The van der Waals surface area contributed by atoms with Gasteiger partial charge in [0.2, 0.25) is 5.30 Å². The van der Waals surface area contributed by atoms with E-state index in [0.29, 0.717) is 27.6 Å². The summed E-state index contributed by atoms with van der Waals surface area (Å²) in [5, 5.41) is 0.518. The number of hydrogen-bond acceptors (Lipinski definition) is 3. The minimum absolute atomic E-state index is 0.105. The van der Waals surface area contributed by atoms with Gasteiger partial charge in [-0.15, -0.1) is 0 Å². The Morgan fingerprint density at radius 3 is 1.62 bits per heavy atom. The van der Waals surface area contributed by atoms with Gasteiger partial charge in [0.1, 0.15) is 0 Å². The number of aryl methyl sites for hydroxylation is 2. The highest BCUT2D eigenvalue weighted by Crippen LogP contribution is 2.44. The fourth-order valence-corrected chi connectivity index (χ4v) is 7.58. The van der Waals surface area contributed by atoms with E-state index in [1.54, 1.807) is 0 Å². The fraction of sp³-hybridized carbons (Fsp3) is 0.444. The van der Waals surface area contributed by atoms with E-state index in [4.69, 9.17) is 0 Å². The number of rotatable bonds is 5. The third kappa shape index (κ3) is 5.91. The van der Waals surface area contributed by atoms with Gasteiger partial charge in [-0.25, -0.2) is 4.79 Å². The lowest BCUT2D eigenvalue weighted by molar-refractivity contribution is 0.103. The largest absolute Gasteiger partial charge is 0.459 e. The summed E-state index contributed by atoms with van der Waals surface area (Å²) >= 11 is 0. The summed E-state index contributed by atoms with van der Waals surface area (Å²) in [4.78, 5) is 28.6. The lowest BCUT2D eigenvalue weighted by Crippen LogP contribution is -2.35. The first-order valence-corrected chi connectivity index (χ1v) is 15.4. The van der Waals surface area contributed by atoms with Gasteiger partial charge >= 0.3 is 13.3 Å². The standard InChI is InChI=1S/C36H46O3P/c1-21-19-22(2)28(24(4)23(21)3)33(38)40(39)32-27(35(8,9)10)20-26(34(5,6)7)29(30(32)36(11,12)13)31(37)25-17-15-14-16-18-25/h14-20H,1-13H3/q+1. The van der Waals surface area contributed by atoms with Gasteiger partial charge in [0.15, 0.2) is 5.78 Å². The van der Waals surface area contributed by atoms with Gasteiger partial charge in [0.05, 0.1) is 5.56 Å². The normalized spacial score (nSPS) is 12.9. The zero-order valence-electron chi connectivity index (χ0n) is 26.7. The van der Waals surface area contributed by atoms with E-state index in [0.717, 1.165) is 33.4 Å². The minimum atomic E-state index is -2.54. The number of benzene rings is 3. The summed E-state index contributed by atoms with van der Waals surface area (Å²) in [7, 11) is -2.54. The second-order valence-corrected chi connectivity index (χ2v) is 15.7. The van der Waals surface area contributed by atoms with Crippen LogP contribution in [0.25, 0.3) is 0 Å². The Morgan fingerprint density at radius 2 is 1.15 bits per heavy atom. The second-order valence-electron chi connectivity index (χ2n) is 14.3. The molecule has 0 radical (unpaired) electrons. The molecule has 4 heteroatoms. The Labute approximate surface area is 242 Å². The van der Waals surface area contributed by atoms with Crippen LogP contribution in [0, 0.1) is 27.7 Å². The van der Waals surface area contributed by atoms with Crippen molar-refractivity contribution in [2.24, 2.45) is 0 Å². The van der Waals surface area contributed by atoms with Gasteiger partial charge in [-0.2, -0.15) is 0 Å². The molecule has 0 saturated heterocycles. The SMILES string of the molecule is Cc1cc(C)c(C(=O)[P+](=O)c2c(C(C)(C)C)cc(C(C)(C)C)c(C(=O)c3ccccc3)c2C(C)(C)C)c(C)c1C. The highest BCUT2D eigenvalue weighted by molar-refractivity contribution is 7.71. The smallest absolute Gasteiger partial charge is 0.289 e.